The topological polar surface area (TPSA) is 101 Å². The van der Waals surface area contributed by atoms with Gasteiger partial charge in [0.2, 0.25) is 0 Å². The van der Waals surface area contributed by atoms with E-state index in [0.29, 0.717) is 0 Å². The number of carbonyl (C=O) groups excluding carboxylic acids is 1. The van der Waals surface area contributed by atoms with Crippen molar-refractivity contribution in [1.82, 2.24) is 0 Å². The molecule has 0 saturated carbocycles. The maximum atomic E-state index is 13.7. The van der Waals surface area contributed by atoms with Crippen molar-refractivity contribution in [3.63, 3.8) is 0 Å². The summed E-state index contributed by atoms with van der Waals surface area (Å²) < 4.78 is 18.2. The fourth-order valence-electron chi connectivity index (χ4n) is 1.58. The molecule has 102 valence electrons. The highest BCUT2D eigenvalue weighted by Gasteiger charge is 2.35. The van der Waals surface area contributed by atoms with Crippen molar-refractivity contribution in [1.29, 1.82) is 0 Å². The van der Waals surface area contributed by atoms with Crippen LogP contribution in [0, 0.1) is 5.82 Å². The van der Waals surface area contributed by atoms with Crippen LogP contribution >= 0.6 is 0 Å². The van der Waals surface area contributed by atoms with Gasteiger partial charge in [0.25, 0.3) is 0 Å². The van der Waals surface area contributed by atoms with Crippen LogP contribution < -0.4 is 0 Å². The van der Waals surface area contributed by atoms with Crippen LogP contribution in [0.2, 0.25) is 0 Å². The molecule has 1 rings (SSSR count). The third-order valence-electron chi connectivity index (χ3n) is 2.34. The van der Waals surface area contributed by atoms with Crippen molar-refractivity contribution in [2.24, 2.45) is 0 Å². The Bertz CT molecular complexity index is 525. The molecule has 0 spiro atoms. The van der Waals surface area contributed by atoms with E-state index in [9.17, 15) is 18.8 Å². The number of esters is 1. The second-order valence-corrected chi connectivity index (χ2v) is 3.53. The van der Waals surface area contributed by atoms with E-state index in [-0.39, 0.29) is 6.61 Å². The van der Waals surface area contributed by atoms with Gasteiger partial charge < -0.3 is 14.9 Å². The molecule has 6 nitrogen and oxygen atoms in total. The molecule has 0 bridgehead atoms. The van der Waals surface area contributed by atoms with Gasteiger partial charge in [-0.05, 0) is 19.1 Å². The molecule has 0 amide bonds. The van der Waals surface area contributed by atoms with E-state index in [4.69, 9.17) is 10.2 Å². The highest BCUT2D eigenvalue weighted by Crippen LogP contribution is 2.25. The molecule has 0 heterocycles. The van der Waals surface area contributed by atoms with Crippen molar-refractivity contribution in [2.45, 2.75) is 12.8 Å². The van der Waals surface area contributed by atoms with Crippen LogP contribution in [0.5, 0.6) is 0 Å². The van der Waals surface area contributed by atoms with Crippen molar-refractivity contribution in [3.8, 4) is 0 Å². The summed E-state index contributed by atoms with van der Waals surface area (Å²) >= 11 is 0. The monoisotopic (exact) mass is 270 g/mol. The van der Waals surface area contributed by atoms with Gasteiger partial charge >= 0.3 is 17.9 Å². The third-order valence-corrected chi connectivity index (χ3v) is 2.34. The lowest BCUT2D eigenvalue weighted by atomic mass is 9.93. The van der Waals surface area contributed by atoms with Crippen LogP contribution in [0.4, 0.5) is 4.39 Å². The Morgan fingerprint density at radius 1 is 1.32 bits per heavy atom. The first-order valence-electron chi connectivity index (χ1n) is 5.31. The first-order chi connectivity index (χ1) is 8.90. The molecule has 0 aliphatic carbocycles. The predicted molar refractivity (Wildman–Crippen MR) is 60.4 cm³/mol. The Kier molecular flexibility index (Phi) is 4.57. The van der Waals surface area contributed by atoms with Crippen LogP contribution in [0.1, 0.15) is 28.8 Å². The number of benzene rings is 1. The number of carboxylic acid groups (broad SMARTS) is 2. The minimum atomic E-state index is -2.01. The highest BCUT2D eigenvalue weighted by atomic mass is 19.1. The maximum absolute atomic E-state index is 13.7. The second-order valence-electron chi connectivity index (χ2n) is 3.53. The Hall–Kier alpha value is -2.44. The number of hydrogen-bond acceptors (Lipinski definition) is 4. The van der Waals surface area contributed by atoms with E-state index < -0.39 is 40.8 Å². The molecular weight excluding hydrogens is 259 g/mol. The molecule has 7 heteroatoms. The third kappa shape index (κ3) is 3.06. The molecule has 0 aliphatic heterocycles. The van der Waals surface area contributed by atoms with Gasteiger partial charge in [0.05, 0.1) is 12.2 Å². The zero-order valence-corrected chi connectivity index (χ0v) is 9.92. The summed E-state index contributed by atoms with van der Waals surface area (Å²) in [5, 5.41) is 17.9. The Balaban J connectivity index is 3.42. The number of rotatable bonds is 5. The molecule has 1 unspecified atom stereocenters. The van der Waals surface area contributed by atoms with Gasteiger partial charge in [-0.3, -0.25) is 9.59 Å². The number of halogens is 1. The summed E-state index contributed by atoms with van der Waals surface area (Å²) in [6.07, 6.45) is 0. The molecule has 1 atom stereocenters. The normalized spacial score (nSPS) is 11.7. The van der Waals surface area contributed by atoms with E-state index in [1.54, 1.807) is 0 Å². The van der Waals surface area contributed by atoms with Crippen LogP contribution in [0.15, 0.2) is 18.2 Å². The lowest BCUT2D eigenvalue weighted by Crippen LogP contribution is -2.27. The van der Waals surface area contributed by atoms with Crippen molar-refractivity contribution >= 4 is 17.9 Å². The summed E-state index contributed by atoms with van der Waals surface area (Å²) in [6, 6.07) is 3.03. The highest BCUT2D eigenvalue weighted by molar-refractivity contribution is 6.03. The Morgan fingerprint density at radius 2 is 1.95 bits per heavy atom. The summed E-state index contributed by atoms with van der Waals surface area (Å²) in [5.41, 5.74) is -1.29. The lowest BCUT2D eigenvalue weighted by Gasteiger charge is -2.14. The number of hydrogen-bond donors (Lipinski definition) is 2. The maximum Gasteiger partial charge on any atom is 0.336 e. The standard InChI is InChI=1S/C12H11FO6/c1-2-19-12(18)9(11(16)17)8-6(10(14)15)4-3-5-7(8)13/h3-5,9H,2H2,1H3,(H,14,15)(H,16,17). The van der Waals surface area contributed by atoms with Crippen molar-refractivity contribution < 1.29 is 33.7 Å². The molecule has 1 aromatic rings. The fraction of sp³-hybridized carbons (Fsp3) is 0.250. The second kappa shape index (κ2) is 5.94. The molecule has 0 radical (unpaired) electrons. The van der Waals surface area contributed by atoms with E-state index in [0.717, 1.165) is 18.2 Å². The van der Waals surface area contributed by atoms with Gasteiger partial charge in [0.15, 0.2) is 5.92 Å². The summed E-state index contributed by atoms with van der Waals surface area (Å²) in [5.74, 6) is -7.49. The van der Waals surface area contributed by atoms with Crippen molar-refractivity contribution in [3.05, 3.63) is 35.1 Å². The fourth-order valence-corrected chi connectivity index (χ4v) is 1.58. The minimum Gasteiger partial charge on any atom is -0.480 e. The first kappa shape index (κ1) is 14.6. The SMILES string of the molecule is CCOC(=O)C(C(=O)O)c1c(F)cccc1C(=O)O. The quantitative estimate of drug-likeness (QED) is 0.617. The molecule has 0 saturated heterocycles. The van der Waals surface area contributed by atoms with Crippen molar-refractivity contribution in [2.75, 3.05) is 6.61 Å². The summed E-state index contributed by atoms with van der Waals surface area (Å²) in [6.45, 7) is 1.36. The average Bonchev–Trinajstić information content (AvgIpc) is 2.31. The number of aliphatic carboxylic acids is 1. The van der Waals surface area contributed by atoms with Gasteiger partial charge in [-0.15, -0.1) is 0 Å². The number of ether oxygens (including phenoxy) is 1. The lowest BCUT2D eigenvalue weighted by molar-refractivity contribution is -0.153. The number of carboxylic acids is 2. The van der Waals surface area contributed by atoms with Crippen LogP contribution in [-0.2, 0) is 14.3 Å². The summed E-state index contributed by atoms with van der Waals surface area (Å²) in [7, 11) is 0. The number of aromatic carboxylic acids is 1. The average molecular weight is 270 g/mol. The van der Waals surface area contributed by atoms with E-state index in [2.05, 4.69) is 4.74 Å². The van der Waals surface area contributed by atoms with Crippen LogP contribution in [0.3, 0.4) is 0 Å². The molecular formula is C12H11FO6. The zero-order valence-electron chi connectivity index (χ0n) is 9.92. The van der Waals surface area contributed by atoms with Gasteiger partial charge in [-0.1, -0.05) is 6.07 Å². The predicted octanol–water partition coefficient (Wildman–Crippen LogP) is 1.26. The zero-order chi connectivity index (χ0) is 14.6. The van der Waals surface area contributed by atoms with Gasteiger partial charge in [-0.2, -0.15) is 0 Å². The molecule has 2 N–H and O–H groups in total. The van der Waals surface area contributed by atoms with E-state index in [1.807, 2.05) is 0 Å². The van der Waals surface area contributed by atoms with E-state index in [1.165, 1.54) is 6.92 Å². The summed E-state index contributed by atoms with van der Waals surface area (Å²) in [4.78, 5) is 33.6. The molecule has 19 heavy (non-hydrogen) atoms. The molecule has 0 aromatic heterocycles. The number of carbonyl (C=O) groups is 3. The van der Waals surface area contributed by atoms with Crippen LogP contribution in [0.25, 0.3) is 0 Å². The largest absolute Gasteiger partial charge is 0.480 e. The van der Waals surface area contributed by atoms with Gasteiger partial charge in [0.1, 0.15) is 5.82 Å². The van der Waals surface area contributed by atoms with Gasteiger partial charge in [0, 0.05) is 5.56 Å². The smallest absolute Gasteiger partial charge is 0.336 e. The molecule has 0 fully saturated rings. The first-order valence-corrected chi connectivity index (χ1v) is 5.31. The molecule has 1 aromatic carbocycles. The van der Waals surface area contributed by atoms with Gasteiger partial charge in [-0.25, -0.2) is 9.18 Å². The van der Waals surface area contributed by atoms with Crippen LogP contribution in [-0.4, -0.2) is 34.7 Å². The minimum absolute atomic E-state index is 0.0977. The Labute approximate surface area is 107 Å². The molecule has 0 aliphatic rings. The van der Waals surface area contributed by atoms with E-state index >= 15 is 0 Å². The Morgan fingerprint density at radius 3 is 2.42 bits per heavy atom.